The Morgan fingerprint density at radius 1 is 1.44 bits per heavy atom. The first-order valence-corrected chi connectivity index (χ1v) is 5.69. The number of carboxylic acid groups (broad SMARTS) is 1. The Labute approximate surface area is 105 Å². The Bertz CT molecular complexity index is 412. The van der Waals surface area contributed by atoms with Gasteiger partial charge in [0.15, 0.2) is 0 Å². The van der Waals surface area contributed by atoms with Gasteiger partial charge in [0.05, 0.1) is 13.2 Å². The van der Waals surface area contributed by atoms with Crippen LogP contribution in [0.2, 0.25) is 0 Å². The number of rotatable bonds is 7. The maximum Gasteiger partial charge on any atom is 0.371 e. The third-order valence-corrected chi connectivity index (χ3v) is 2.37. The molecule has 6 nitrogen and oxygen atoms in total. The molecule has 1 aromatic rings. The molecule has 1 amide bonds. The van der Waals surface area contributed by atoms with Crippen LogP contribution in [0.1, 0.15) is 30.2 Å². The molecule has 0 aliphatic heterocycles. The molecule has 0 unspecified atom stereocenters. The lowest BCUT2D eigenvalue weighted by molar-refractivity contribution is -0.130. The van der Waals surface area contributed by atoms with Crippen LogP contribution in [0.3, 0.4) is 0 Å². The summed E-state index contributed by atoms with van der Waals surface area (Å²) in [6.45, 7) is 5.07. The molecule has 18 heavy (non-hydrogen) atoms. The van der Waals surface area contributed by atoms with Crippen molar-refractivity contribution >= 4 is 11.9 Å². The highest BCUT2D eigenvalue weighted by atomic mass is 16.5. The third-order valence-electron chi connectivity index (χ3n) is 2.37. The van der Waals surface area contributed by atoms with E-state index in [9.17, 15) is 9.59 Å². The topological polar surface area (TPSA) is 80.0 Å². The Morgan fingerprint density at radius 2 is 2.17 bits per heavy atom. The minimum atomic E-state index is -1.12. The first-order valence-electron chi connectivity index (χ1n) is 5.69. The molecule has 1 N–H and O–H groups in total. The molecule has 6 heteroatoms. The van der Waals surface area contributed by atoms with Gasteiger partial charge in [0.1, 0.15) is 5.76 Å². The van der Waals surface area contributed by atoms with Gasteiger partial charge in [-0.3, -0.25) is 4.79 Å². The van der Waals surface area contributed by atoms with E-state index in [0.717, 1.165) is 0 Å². The van der Waals surface area contributed by atoms with Crippen LogP contribution < -0.4 is 0 Å². The van der Waals surface area contributed by atoms with Crippen molar-refractivity contribution in [2.45, 2.75) is 20.4 Å². The van der Waals surface area contributed by atoms with Crippen molar-refractivity contribution in [2.24, 2.45) is 0 Å². The van der Waals surface area contributed by atoms with Gasteiger partial charge < -0.3 is 19.2 Å². The molecule has 0 aliphatic carbocycles. The molecule has 0 spiro atoms. The summed E-state index contributed by atoms with van der Waals surface area (Å²) >= 11 is 0. The van der Waals surface area contributed by atoms with E-state index in [-0.39, 0.29) is 18.2 Å². The summed E-state index contributed by atoms with van der Waals surface area (Å²) < 4.78 is 10.3. The van der Waals surface area contributed by atoms with Crippen LogP contribution in [-0.2, 0) is 16.1 Å². The van der Waals surface area contributed by atoms with Crippen LogP contribution in [-0.4, -0.2) is 41.6 Å². The molecule has 1 heterocycles. The van der Waals surface area contributed by atoms with Crippen molar-refractivity contribution < 1.29 is 23.8 Å². The molecule has 100 valence electrons. The highest BCUT2D eigenvalue weighted by Gasteiger charge is 2.14. The zero-order valence-corrected chi connectivity index (χ0v) is 10.5. The number of furan rings is 1. The van der Waals surface area contributed by atoms with Crippen LogP contribution in [0, 0.1) is 0 Å². The van der Waals surface area contributed by atoms with Gasteiger partial charge in [-0.25, -0.2) is 4.79 Å². The van der Waals surface area contributed by atoms with E-state index in [4.69, 9.17) is 14.3 Å². The molecule has 1 aromatic heterocycles. The van der Waals surface area contributed by atoms with Crippen LogP contribution in [0.25, 0.3) is 0 Å². The largest absolute Gasteiger partial charge is 0.475 e. The molecule has 0 bridgehead atoms. The number of carboxylic acids is 1. The normalized spacial score (nSPS) is 10.3. The SMILES string of the molecule is CCOCCN(Cc1ccc(C(=O)O)o1)C(C)=O. The number of hydrogen-bond acceptors (Lipinski definition) is 4. The molecular formula is C12H17NO5. The average Bonchev–Trinajstić information content (AvgIpc) is 2.76. The highest BCUT2D eigenvalue weighted by Crippen LogP contribution is 2.10. The zero-order valence-electron chi connectivity index (χ0n) is 10.5. The third kappa shape index (κ3) is 4.21. The second kappa shape index (κ2) is 6.80. The molecule has 0 aliphatic rings. The van der Waals surface area contributed by atoms with Crippen LogP contribution in [0.4, 0.5) is 0 Å². The minimum Gasteiger partial charge on any atom is -0.475 e. The summed E-state index contributed by atoms with van der Waals surface area (Å²) in [7, 11) is 0. The van der Waals surface area contributed by atoms with Crippen molar-refractivity contribution in [1.82, 2.24) is 4.90 Å². The van der Waals surface area contributed by atoms with Crippen molar-refractivity contribution in [2.75, 3.05) is 19.8 Å². The second-order valence-electron chi connectivity index (χ2n) is 3.71. The number of nitrogens with zero attached hydrogens (tertiary/aromatic N) is 1. The molecular weight excluding hydrogens is 238 g/mol. The van der Waals surface area contributed by atoms with E-state index < -0.39 is 5.97 Å². The fraction of sp³-hybridized carbons (Fsp3) is 0.500. The van der Waals surface area contributed by atoms with Gasteiger partial charge in [0.25, 0.3) is 0 Å². The van der Waals surface area contributed by atoms with Gasteiger partial charge >= 0.3 is 5.97 Å². The Balaban J connectivity index is 2.59. The molecule has 0 fully saturated rings. The standard InChI is InChI=1S/C12H17NO5/c1-3-17-7-6-13(9(2)14)8-10-4-5-11(18-10)12(15)16/h4-5H,3,6-8H2,1-2H3,(H,15,16). The number of amides is 1. The second-order valence-corrected chi connectivity index (χ2v) is 3.71. The Morgan fingerprint density at radius 3 is 2.67 bits per heavy atom. The highest BCUT2D eigenvalue weighted by molar-refractivity contribution is 5.84. The fourth-order valence-corrected chi connectivity index (χ4v) is 1.43. The van der Waals surface area contributed by atoms with Gasteiger partial charge in [0, 0.05) is 20.1 Å². The number of ether oxygens (including phenoxy) is 1. The average molecular weight is 255 g/mol. The number of hydrogen-bond donors (Lipinski definition) is 1. The summed E-state index contributed by atoms with van der Waals surface area (Å²) in [5.74, 6) is -0.912. The predicted octanol–water partition coefficient (Wildman–Crippen LogP) is 1.36. The van der Waals surface area contributed by atoms with E-state index in [0.29, 0.717) is 25.5 Å². The molecule has 0 radical (unpaired) electrons. The van der Waals surface area contributed by atoms with Crippen molar-refractivity contribution in [3.05, 3.63) is 23.7 Å². The quantitative estimate of drug-likeness (QED) is 0.744. The smallest absolute Gasteiger partial charge is 0.371 e. The molecule has 0 saturated carbocycles. The van der Waals surface area contributed by atoms with Crippen LogP contribution >= 0.6 is 0 Å². The number of aromatic carboxylic acids is 1. The monoisotopic (exact) mass is 255 g/mol. The van der Waals surface area contributed by atoms with Crippen LogP contribution in [0.15, 0.2) is 16.5 Å². The van der Waals surface area contributed by atoms with Crippen molar-refractivity contribution in [1.29, 1.82) is 0 Å². The van der Waals surface area contributed by atoms with Crippen LogP contribution in [0.5, 0.6) is 0 Å². The minimum absolute atomic E-state index is 0.108. The van der Waals surface area contributed by atoms with Crippen molar-refractivity contribution in [3.63, 3.8) is 0 Å². The van der Waals surface area contributed by atoms with E-state index in [1.165, 1.54) is 13.0 Å². The predicted molar refractivity (Wildman–Crippen MR) is 63.3 cm³/mol. The van der Waals surface area contributed by atoms with E-state index in [1.807, 2.05) is 6.92 Å². The van der Waals surface area contributed by atoms with Gasteiger partial charge in [-0.1, -0.05) is 0 Å². The fourth-order valence-electron chi connectivity index (χ4n) is 1.43. The first kappa shape index (κ1) is 14.2. The maximum absolute atomic E-state index is 11.4. The summed E-state index contributed by atoms with van der Waals surface area (Å²) in [5, 5.41) is 8.72. The summed E-state index contributed by atoms with van der Waals surface area (Å²) in [6.07, 6.45) is 0. The summed E-state index contributed by atoms with van der Waals surface area (Å²) in [6, 6.07) is 2.93. The number of carbonyl (C=O) groups excluding carboxylic acids is 1. The van der Waals surface area contributed by atoms with Gasteiger partial charge in [-0.05, 0) is 19.1 Å². The molecule has 0 atom stereocenters. The summed E-state index contributed by atoms with van der Waals surface area (Å²) in [4.78, 5) is 23.6. The maximum atomic E-state index is 11.4. The zero-order chi connectivity index (χ0) is 13.5. The van der Waals surface area contributed by atoms with Gasteiger partial charge in [0.2, 0.25) is 11.7 Å². The van der Waals surface area contributed by atoms with Crippen molar-refractivity contribution in [3.8, 4) is 0 Å². The lowest BCUT2D eigenvalue weighted by Crippen LogP contribution is -2.31. The van der Waals surface area contributed by atoms with Gasteiger partial charge in [-0.2, -0.15) is 0 Å². The lowest BCUT2D eigenvalue weighted by atomic mass is 10.3. The van der Waals surface area contributed by atoms with Gasteiger partial charge in [-0.15, -0.1) is 0 Å². The first-order chi connectivity index (χ1) is 8.54. The Kier molecular flexibility index (Phi) is 5.38. The number of carbonyl (C=O) groups is 2. The Hall–Kier alpha value is -1.82. The molecule has 0 saturated heterocycles. The van der Waals surface area contributed by atoms with E-state index >= 15 is 0 Å². The van der Waals surface area contributed by atoms with E-state index in [2.05, 4.69) is 0 Å². The summed E-state index contributed by atoms with van der Waals surface area (Å²) in [5.41, 5.74) is 0. The molecule has 0 aromatic carbocycles. The lowest BCUT2D eigenvalue weighted by Gasteiger charge is -2.19. The van der Waals surface area contributed by atoms with E-state index in [1.54, 1.807) is 11.0 Å². The molecule has 1 rings (SSSR count).